The summed E-state index contributed by atoms with van der Waals surface area (Å²) in [6, 6.07) is 1.80. The maximum atomic E-state index is 12.0. The average molecular weight is 301 g/mol. The van der Waals surface area contributed by atoms with Crippen LogP contribution in [0.2, 0.25) is 0 Å². The van der Waals surface area contributed by atoms with Gasteiger partial charge in [-0.3, -0.25) is 4.79 Å². The molecule has 2 aromatic rings. The molecule has 0 aliphatic heterocycles. The van der Waals surface area contributed by atoms with Gasteiger partial charge in [-0.25, -0.2) is 15.0 Å². The second-order valence-electron chi connectivity index (χ2n) is 5.73. The molecule has 0 fully saturated rings. The number of carbonyl (C=O) groups excluding carboxylic acids is 1. The number of rotatable bonds is 6. The van der Waals surface area contributed by atoms with Crippen molar-refractivity contribution < 1.29 is 4.79 Å². The van der Waals surface area contributed by atoms with Gasteiger partial charge in [0.2, 0.25) is 5.91 Å². The van der Waals surface area contributed by atoms with E-state index in [0.29, 0.717) is 12.2 Å². The normalized spacial score (nSPS) is 11.0. The van der Waals surface area contributed by atoms with Gasteiger partial charge in [0.1, 0.15) is 17.5 Å². The molecule has 6 nitrogen and oxygen atoms in total. The van der Waals surface area contributed by atoms with Crippen LogP contribution in [-0.4, -0.2) is 25.4 Å². The molecule has 0 saturated heterocycles. The van der Waals surface area contributed by atoms with E-state index < -0.39 is 0 Å². The van der Waals surface area contributed by atoms with E-state index in [1.54, 1.807) is 12.3 Å². The van der Waals surface area contributed by atoms with E-state index >= 15 is 0 Å². The van der Waals surface area contributed by atoms with Crippen LogP contribution in [0.5, 0.6) is 0 Å². The molecule has 0 radical (unpaired) electrons. The van der Waals surface area contributed by atoms with Gasteiger partial charge in [0.15, 0.2) is 0 Å². The lowest BCUT2D eigenvalue weighted by atomic mass is 10.2. The number of nitrogens with one attached hydrogen (secondary N) is 1. The summed E-state index contributed by atoms with van der Waals surface area (Å²) in [7, 11) is 0. The van der Waals surface area contributed by atoms with Gasteiger partial charge in [-0.1, -0.05) is 13.8 Å². The van der Waals surface area contributed by atoms with Crippen molar-refractivity contribution >= 4 is 11.7 Å². The van der Waals surface area contributed by atoms with Crippen molar-refractivity contribution in [3.63, 3.8) is 0 Å². The van der Waals surface area contributed by atoms with E-state index in [1.165, 1.54) is 0 Å². The number of amides is 1. The van der Waals surface area contributed by atoms with Crippen LogP contribution in [0.4, 0.5) is 5.82 Å². The van der Waals surface area contributed by atoms with E-state index in [0.717, 1.165) is 30.3 Å². The van der Waals surface area contributed by atoms with E-state index in [4.69, 9.17) is 0 Å². The number of imidazole rings is 1. The average Bonchev–Trinajstić information content (AvgIpc) is 2.83. The summed E-state index contributed by atoms with van der Waals surface area (Å²) in [6.45, 7) is 8.73. The second-order valence-corrected chi connectivity index (χ2v) is 5.73. The summed E-state index contributed by atoms with van der Waals surface area (Å²) in [6.07, 6.45) is 4.92. The fourth-order valence-electron chi connectivity index (χ4n) is 2.17. The Bertz CT molecular complexity index is 648. The van der Waals surface area contributed by atoms with E-state index in [-0.39, 0.29) is 11.8 Å². The second kappa shape index (κ2) is 7.15. The van der Waals surface area contributed by atoms with E-state index in [2.05, 4.69) is 20.3 Å². The molecule has 118 valence electrons. The number of aryl methyl sites for hydroxylation is 3. The highest BCUT2D eigenvalue weighted by molar-refractivity contribution is 5.89. The number of anilines is 1. The molecule has 2 rings (SSSR count). The molecule has 0 unspecified atom stereocenters. The zero-order valence-corrected chi connectivity index (χ0v) is 13.6. The van der Waals surface area contributed by atoms with E-state index in [1.807, 2.05) is 38.5 Å². The minimum absolute atomic E-state index is 0.0226. The van der Waals surface area contributed by atoms with Crippen LogP contribution < -0.4 is 5.32 Å². The summed E-state index contributed by atoms with van der Waals surface area (Å²) < 4.78 is 2.04. The third-order valence-corrected chi connectivity index (χ3v) is 3.38. The molecule has 0 aliphatic rings. The van der Waals surface area contributed by atoms with Gasteiger partial charge in [-0.05, 0) is 20.3 Å². The van der Waals surface area contributed by atoms with E-state index in [9.17, 15) is 4.79 Å². The summed E-state index contributed by atoms with van der Waals surface area (Å²) >= 11 is 0. The minimum atomic E-state index is -0.0226. The highest BCUT2D eigenvalue weighted by Gasteiger charge is 2.09. The largest absolute Gasteiger partial charge is 0.335 e. The van der Waals surface area contributed by atoms with Crippen LogP contribution in [0.1, 0.15) is 49.9 Å². The number of hydrogen-bond donors (Lipinski definition) is 1. The van der Waals surface area contributed by atoms with Crippen LogP contribution >= 0.6 is 0 Å². The summed E-state index contributed by atoms with van der Waals surface area (Å²) in [5.74, 6) is 2.52. The highest BCUT2D eigenvalue weighted by atomic mass is 16.1. The molecule has 0 saturated carbocycles. The Kier molecular flexibility index (Phi) is 5.25. The zero-order chi connectivity index (χ0) is 16.1. The monoisotopic (exact) mass is 301 g/mol. The molecule has 0 bridgehead atoms. The van der Waals surface area contributed by atoms with Crippen molar-refractivity contribution in [1.82, 2.24) is 19.5 Å². The lowest BCUT2D eigenvalue weighted by Gasteiger charge is -2.10. The summed E-state index contributed by atoms with van der Waals surface area (Å²) in [5.41, 5.74) is 0.864. The molecule has 2 heterocycles. The van der Waals surface area contributed by atoms with Gasteiger partial charge in [0.25, 0.3) is 0 Å². The topological polar surface area (TPSA) is 72.7 Å². The van der Waals surface area contributed by atoms with Gasteiger partial charge in [-0.15, -0.1) is 0 Å². The van der Waals surface area contributed by atoms with Crippen LogP contribution in [0.25, 0.3) is 0 Å². The van der Waals surface area contributed by atoms with Gasteiger partial charge in [0.05, 0.1) is 0 Å². The molecule has 22 heavy (non-hydrogen) atoms. The lowest BCUT2D eigenvalue weighted by molar-refractivity contribution is -0.116. The maximum absolute atomic E-state index is 12.0. The first-order chi connectivity index (χ1) is 10.5. The van der Waals surface area contributed by atoms with Crippen LogP contribution in [0.3, 0.4) is 0 Å². The first-order valence-electron chi connectivity index (χ1n) is 7.59. The van der Waals surface area contributed by atoms with Gasteiger partial charge in [-0.2, -0.15) is 0 Å². The van der Waals surface area contributed by atoms with Crippen LogP contribution in [-0.2, 0) is 11.3 Å². The smallest absolute Gasteiger partial charge is 0.225 e. The predicted molar refractivity (Wildman–Crippen MR) is 85.7 cm³/mol. The van der Waals surface area contributed by atoms with Crippen molar-refractivity contribution in [3.05, 3.63) is 35.8 Å². The van der Waals surface area contributed by atoms with Gasteiger partial charge >= 0.3 is 0 Å². The Hall–Kier alpha value is -2.24. The summed E-state index contributed by atoms with van der Waals surface area (Å²) in [5, 5.41) is 2.86. The fourth-order valence-corrected chi connectivity index (χ4v) is 2.17. The molecular formula is C16H23N5O. The van der Waals surface area contributed by atoms with Crippen molar-refractivity contribution in [2.24, 2.45) is 0 Å². The fraction of sp³-hybridized carbons (Fsp3) is 0.500. The van der Waals surface area contributed by atoms with Crippen molar-refractivity contribution in [2.75, 3.05) is 5.32 Å². The van der Waals surface area contributed by atoms with Crippen LogP contribution in [0, 0.1) is 13.8 Å². The van der Waals surface area contributed by atoms with Crippen molar-refractivity contribution in [2.45, 2.75) is 53.0 Å². The zero-order valence-electron chi connectivity index (χ0n) is 13.6. The molecule has 0 aliphatic carbocycles. The lowest BCUT2D eigenvalue weighted by Crippen LogP contribution is -2.15. The molecule has 6 heteroatoms. The predicted octanol–water partition coefficient (Wildman–Crippen LogP) is 2.83. The number of hydrogen-bond acceptors (Lipinski definition) is 4. The standard InChI is InChI=1S/C16H23N5O/c1-11(2)16-18-12(3)10-14(20-16)19-15(22)6-5-8-21-9-7-17-13(21)4/h7,9-11H,5-6,8H2,1-4H3,(H,18,19,20,22). The van der Waals surface area contributed by atoms with Crippen LogP contribution in [0.15, 0.2) is 18.5 Å². The number of nitrogens with zero attached hydrogens (tertiary/aromatic N) is 4. The summed E-state index contributed by atoms with van der Waals surface area (Å²) in [4.78, 5) is 24.9. The first-order valence-corrected chi connectivity index (χ1v) is 7.59. The number of aromatic nitrogens is 4. The Balaban J connectivity index is 1.88. The minimum Gasteiger partial charge on any atom is -0.335 e. The molecule has 0 spiro atoms. The van der Waals surface area contributed by atoms with Crippen molar-refractivity contribution in [3.8, 4) is 0 Å². The molecule has 1 amide bonds. The van der Waals surface area contributed by atoms with Gasteiger partial charge in [0, 0.05) is 43.0 Å². The molecule has 0 atom stereocenters. The Morgan fingerprint density at radius 3 is 2.73 bits per heavy atom. The third-order valence-electron chi connectivity index (χ3n) is 3.38. The van der Waals surface area contributed by atoms with Crippen molar-refractivity contribution in [1.29, 1.82) is 0 Å². The van der Waals surface area contributed by atoms with Gasteiger partial charge < -0.3 is 9.88 Å². The quantitative estimate of drug-likeness (QED) is 0.890. The third kappa shape index (κ3) is 4.38. The molecule has 2 aromatic heterocycles. The SMILES string of the molecule is Cc1cc(NC(=O)CCCn2ccnc2C)nc(C(C)C)n1. The number of carbonyl (C=O) groups is 1. The molecular weight excluding hydrogens is 278 g/mol. The Labute approximate surface area is 131 Å². The molecule has 0 aromatic carbocycles. The first kappa shape index (κ1) is 16.1. The highest BCUT2D eigenvalue weighted by Crippen LogP contribution is 2.14. The maximum Gasteiger partial charge on any atom is 0.225 e. The Morgan fingerprint density at radius 2 is 2.09 bits per heavy atom. The molecule has 1 N–H and O–H groups in total. The Morgan fingerprint density at radius 1 is 1.32 bits per heavy atom.